The summed E-state index contributed by atoms with van der Waals surface area (Å²) >= 11 is 0. The third-order valence-electron chi connectivity index (χ3n) is 2.63. The van der Waals surface area contributed by atoms with Gasteiger partial charge >= 0.3 is 0 Å². The van der Waals surface area contributed by atoms with Crippen LogP contribution in [0.4, 0.5) is 5.69 Å². The molecule has 0 bridgehead atoms. The van der Waals surface area contributed by atoms with Crippen LogP contribution in [-0.4, -0.2) is 32.5 Å². The van der Waals surface area contributed by atoms with Crippen molar-refractivity contribution in [2.24, 2.45) is 0 Å². The molecule has 1 aliphatic heterocycles. The van der Waals surface area contributed by atoms with E-state index in [1.54, 1.807) is 0 Å². The largest absolute Gasteiger partial charge is 0.490 e. The number of nitrogens with one attached hydrogen (secondary N) is 1. The maximum atomic E-state index is 5.64. The number of fused-ring (bicyclic) bond motifs is 1. The first kappa shape index (κ1) is 13.0. The van der Waals surface area contributed by atoms with E-state index < -0.39 is 0 Å². The summed E-state index contributed by atoms with van der Waals surface area (Å²) < 4.78 is 16.7. The van der Waals surface area contributed by atoms with Crippen LogP contribution >= 0.6 is 0 Å². The van der Waals surface area contributed by atoms with Gasteiger partial charge in [-0.25, -0.2) is 0 Å². The number of rotatable bonds is 5. The maximum Gasteiger partial charge on any atom is 0.163 e. The lowest BCUT2D eigenvalue weighted by Gasteiger charge is -2.12. The Labute approximate surface area is 108 Å². The summed E-state index contributed by atoms with van der Waals surface area (Å²) in [5.74, 6) is 1.65. The second kappa shape index (κ2) is 6.50. The highest BCUT2D eigenvalue weighted by molar-refractivity contribution is 5.54. The average Bonchev–Trinajstić information content (AvgIpc) is 2.59. The van der Waals surface area contributed by atoms with E-state index in [1.807, 2.05) is 32.0 Å². The van der Waals surface area contributed by atoms with E-state index in [1.165, 1.54) is 0 Å². The first-order chi connectivity index (χ1) is 8.75. The minimum absolute atomic E-state index is 0.274. The van der Waals surface area contributed by atoms with Crippen molar-refractivity contribution < 1.29 is 14.2 Å². The zero-order chi connectivity index (χ0) is 12.8. The Balaban J connectivity index is 1.88. The van der Waals surface area contributed by atoms with Gasteiger partial charge in [0.15, 0.2) is 11.5 Å². The van der Waals surface area contributed by atoms with Crippen molar-refractivity contribution in [3.8, 4) is 11.5 Å². The van der Waals surface area contributed by atoms with Crippen molar-refractivity contribution in [3.05, 3.63) is 18.2 Å². The van der Waals surface area contributed by atoms with E-state index in [-0.39, 0.29) is 6.10 Å². The lowest BCUT2D eigenvalue weighted by molar-refractivity contribution is 0.0870. The molecule has 1 N–H and O–H groups in total. The minimum Gasteiger partial charge on any atom is -0.490 e. The molecule has 1 aromatic carbocycles. The molecule has 0 radical (unpaired) electrons. The second-order valence-electron chi connectivity index (χ2n) is 4.56. The number of hydrogen-bond donors (Lipinski definition) is 1. The van der Waals surface area contributed by atoms with Crippen LogP contribution in [0.1, 0.15) is 20.3 Å². The quantitative estimate of drug-likeness (QED) is 0.817. The molecular formula is C14H21NO3. The number of benzene rings is 1. The summed E-state index contributed by atoms with van der Waals surface area (Å²) in [6.07, 6.45) is 1.20. The molecular weight excluding hydrogens is 230 g/mol. The van der Waals surface area contributed by atoms with Gasteiger partial charge in [0.2, 0.25) is 0 Å². The summed E-state index contributed by atoms with van der Waals surface area (Å²) in [7, 11) is 0. The molecule has 1 aromatic rings. The predicted molar refractivity (Wildman–Crippen MR) is 71.6 cm³/mol. The Bertz CT molecular complexity index is 379. The highest BCUT2D eigenvalue weighted by Crippen LogP contribution is 2.32. The fourth-order valence-corrected chi connectivity index (χ4v) is 1.76. The van der Waals surface area contributed by atoms with Crippen LogP contribution in [0.15, 0.2) is 18.2 Å². The normalized spacial score (nSPS) is 14.4. The molecule has 4 heteroatoms. The third-order valence-corrected chi connectivity index (χ3v) is 2.63. The average molecular weight is 251 g/mol. The Morgan fingerprint density at radius 1 is 1.22 bits per heavy atom. The van der Waals surface area contributed by atoms with Gasteiger partial charge < -0.3 is 19.5 Å². The molecule has 0 fully saturated rings. The van der Waals surface area contributed by atoms with E-state index in [0.29, 0.717) is 13.2 Å². The van der Waals surface area contributed by atoms with Crippen LogP contribution in [0, 0.1) is 0 Å². The van der Waals surface area contributed by atoms with Crippen LogP contribution in [0.25, 0.3) is 0 Å². The molecule has 0 unspecified atom stereocenters. The highest BCUT2D eigenvalue weighted by atomic mass is 16.5. The number of anilines is 1. The van der Waals surface area contributed by atoms with E-state index in [9.17, 15) is 0 Å². The standard InChI is InChI=1S/C14H21NO3/c1-11(2)16-9-6-15-12-4-5-13-14(10-12)18-8-3-7-17-13/h4-5,10-11,15H,3,6-9H2,1-2H3. The van der Waals surface area contributed by atoms with Crippen LogP contribution in [0.2, 0.25) is 0 Å². The molecule has 0 saturated heterocycles. The monoisotopic (exact) mass is 251 g/mol. The van der Waals surface area contributed by atoms with Crippen molar-refractivity contribution in [1.82, 2.24) is 0 Å². The maximum absolute atomic E-state index is 5.64. The fraction of sp³-hybridized carbons (Fsp3) is 0.571. The van der Waals surface area contributed by atoms with Crippen molar-refractivity contribution in [3.63, 3.8) is 0 Å². The summed E-state index contributed by atoms with van der Waals surface area (Å²) in [5.41, 5.74) is 1.03. The number of ether oxygens (including phenoxy) is 3. The Morgan fingerprint density at radius 2 is 2.00 bits per heavy atom. The molecule has 0 saturated carbocycles. The predicted octanol–water partition coefficient (Wildman–Crippen LogP) is 2.68. The lowest BCUT2D eigenvalue weighted by Crippen LogP contribution is -2.13. The SMILES string of the molecule is CC(C)OCCNc1ccc2c(c1)OCCCO2. The topological polar surface area (TPSA) is 39.7 Å². The molecule has 2 rings (SSSR count). The molecule has 4 nitrogen and oxygen atoms in total. The van der Waals surface area contributed by atoms with Crippen molar-refractivity contribution >= 4 is 5.69 Å². The fourth-order valence-electron chi connectivity index (χ4n) is 1.76. The van der Waals surface area contributed by atoms with Crippen LogP contribution in [-0.2, 0) is 4.74 Å². The van der Waals surface area contributed by atoms with Crippen LogP contribution in [0.3, 0.4) is 0 Å². The van der Waals surface area contributed by atoms with Crippen molar-refractivity contribution in [2.45, 2.75) is 26.4 Å². The third kappa shape index (κ3) is 3.81. The minimum atomic E-state index is 0.274. The summed E-state index contributed by atoms with van der Waals surface area (Å²) in [6.45, 7) is 7.00. The molecule has 0 atom stereocenters. The summed E-state index contributed by atoms with van der Waals surface area (Å²) in [4.78, 5) is 0. The first-order valence-electron chi connectivity index (χ1n) is 6.51. The van der Waals surface area contributed by atoms with E-state index in [0.717, 1.165) is 36.8 Å². The van der Waals surface area contributed by atoms with Gasteiger partial charge in [0.25, 0.3) is 0 Å². The zero-order valence-corrected chi connectivity index (χ0v) is 11.1. The van der Waals surface area contributed by atoms with Gasteiger partial charge in [0.1, 0.15) is 0 Å². The second-order valence-corrected chi connectivity index (χ2v) is 4.56. The van der Waals surface area contributed by atoms with Gasteiger partial charge in [-0.3, -0.25) is 0 Å². The van der Waals surface area contributed by atoms with Crippen LogP contribution < -0.4 is 14.8 Å². The highest BCUT2D eigenvalue weighted by Gasteiger charge is 2.10. The van der Waals surface area contributed by atoms with E-state index >= 15 is 0 Å². The molecule has 1 aliphatic rings. The van der Waals surface area contributed by atoms with Crippen molar-refractivity contribution in [1.29, 1.82) is 0 Å². The van der Waals surface area contributed by atoms with Gasteiger partial charge in [0, 0.05) is 24.7 Å². The zero-order valence-electron chi connectivity index (χ0n) is 11.1. The Hall–Kier alpha value is -1.42. The smallest absolute Gasteiger partial charge is 0.163 e. The summed E-state index contributed by atoms with van der Waals surface area (Å²) in [6, 6.07) is 5.94. The Morgan fingerprint density at radius 3 is 2.78 bits per heavy atom. The first-order valence-corrected chi connectivity index (χ1v) is 6.51. The molecule has 1 heterocycles. The molecule has 100 valence electrons. The lowest BCUT2D eigenvalue weighted by atomic mass is 10.2. The van der Waals surface area contributed by atoms with Gasteiger partial charge in [-0.1, -0.05) is 0 Å². The molecule has 18 heavy (non-hydrogen) atoms. The molecule has 0 aliphatic carbocycles. The van der Waals surface area contributed by atoms with Crippen molar-refractivity contribution in [2.75, 3.05) is 31.7 Å². The van der Waals surface area contributed by atoms with Crippen LogP contribution in [0.5, 0.6) is 11.5 Å². The molecule has 0 amide bonds. The van der Waals surface area contributed by atoms with E-state index in [4.69, 9.17) is 14.2 Å². The summed E-state index contributed by atoms with van der Waals surface area (Å²) in [5, 5.41) is 3.31. The van der Waals surface area contributed by atoms with Gasteiger partial charge in [-0.2, -0.15) is 0 Å². The molecule has 0 aromatic heterocycles. The van der Waals surface area contributed by atoms with Gasteiger partial charge in [-0.05, 0) is 26.0 Å². The van der Waals surface area contributed by atoms with E-state index in [2.05, 4.69) is 5.32 Å². The Kier molecular flexibility index (Phi) is 4.70. The number of hydrogen-bond acceptors (Lipinski definition) is 4. The van der Waals surface area contributed by atoms with Gasteiger partial charge in [-0.15, -0.1) is 0 Å². The van der Waals surface area contributed by atoms with Gasteiger partial charge in [0.05, 0.1) is 25.9 Å². The molecule has 0 spiro atoms.